The predicted octanol–water partition coefficient (Wildman–Crippen LogP) is 17.3. The Kier molecular flexibility index (Phi) is 12.9. The lowest BCUT2D eigenvalue weighted by Gasteiger charge is -2.22. The molecule has 0 spiro atoms. The molecular weight excluding hydrogens is 934 g/mol. The molecule has 0 atom stereocenters. The quantitative estimate of drug-likeness (QED) is 0.109. The second-order valence-electron chi connectivity index (χ2n) is 15.0. The van der Waals surface area contributed by atoms with Crippen LogP contribution in [0.15, 0.2) is 170 Å². The Bertz CT molecular complexity index is 3580. The summed E-state index contributed by atoms with van der Waals surface area (Å²) >= 11 is 22.8. The second kappa shape index (κ2) is 19.6. The first-order chi connectivity index (χ1) is 33.2. The number of halogens is 4. The maximum atomic E-state index is 10.8. The largest absolute Gasteiger partial charge is 0.452 e. The zero-order valence-electron chi connectivity index (χ0n) is 35.1. The maximum Gasteiger partial charge on any atom is 0.217 e. The summed E-state index contributed by atoms with van der Waals surface area (Å²) in [6.07, 6.45) is 0. The van der Waals surface area contributed by atoms with Crippen molar-refractivity contribution in [3.63, 3.8) is 0 Å². The molecule has 0 saturated heterocycles. The molecule has 10 aromatic rings. The topological polar surface area (TPSA) is 132 Å². The number of ether oxygens (including phenoxy) is 4. The fraction of sp³-hybridized carbons (Fsp3) is 0. The number of nitriles is 4. The summed E-state index contributed by atoms with van der Waals surface area (Å²) in [5.41, 5.74) is -0.256. The molecule has 0 bridgehead atoms. The molecule has 0 aliphatic rings. The van der Waals surface area contributed by atoms with E-state index in [2.05, 4.69) is 12.1 Å². The molecule has 0 aliphatic heterocycles. The van der Waals surface area contributed by atoms with Gasteiger partial charge in [-0.2, -0.15) is 21.0 Å². The smallest absolute Gasteiger partial charge is 0.217 e. The summed E-state index contributed by atoms with van der Waals surface area (Å²) in [6, 6.07) is 62.4. The minimum atomic E-state index is -0.0666. The van der Waals surface area contributed by atoms with Gasteiger partial charge in [0.05, 0.1) is 31.2 Å². The number of fused-ring (bicyclic) bond motifs is 4. The molecule has 0 aromatic heterocycles. The molecule has 10 aromatic carbocycles. The van der Waals surface area contributed by atoms with Crippen LogP contribution in [-0.2, 0) is 0 Å². The minimum absolute atomic E-state index is 0.0131. The number of nitrogens with zero attached hydrogens (tertiary/aromatic N) is 4. The summed E-state index contributed by atoms with van der Waals surface area (Å²) in [5, 5.41) is 46.8. The van der Waals surface area contributed by atoms with Crippen LogP contribution in [0.3, 0.4) is 0 Å². The Hall–Kier alpha value is -8.44. The average molecular weight is 963 g/mol. The van der Waals surface area contributed by atoms with E-state index >= 15 is 0 Å². The van der Waals surface area contributed by atoms with E-state index in [-0.39, 0.29) is 65.3 Å². The van der Waals surface area contributed by atoms with Gasteiger partial charge in [-0.15, -0.1) is 0 Å². The van der Waals surface area contributed by atoms with Gasteiger partial charge in [-0.3, -0.25) is 0 Å². The van der Waals surface area contributed by atoms with Crippen LogP contribution in [-0.4, -0.2) is 0 Å². The molecule has 0 radical (unpaired) electrons. The Morgan fingerprint density at radius 2 is 0.500 bits per heavy atom. The molecule has 0 saturated carbocycles. The zero-order valence-corrected chi connectivity index (χ0v) is 38.1. The van der Waals surface area contributed by atoms with E-state index in [1.54, 1.807) is 12.1 Å². The van der Waals surface area contributed by atoms with Crippen molar-refractivity contribution in [3.05, 3.63) is 212 Å². The highest BCUT2D eigenvalue weighted by molar-refractivity contribution is 6.52. The van der Waals surface area contributed by atoms with Gasteiger partial charge < -0.3 is 18.9 Å². The van der Waals surface area contributed by atoms with Crippen molar-refractivity contribution in [1.82, 2.24) is 0 Å². The first-order valence-corrected chi connectivity index (χ1v) is 22.1. The monoisotopic (exact) mass is 960 g/mol. The molecule has 12 heteroatoms. The Morgan fingerprint density at radius 3 is 0.750 bits per heavy atom. The lowest BCUT2D eigenvalue weighted by Crippen LogP contribution is -2.03. The van der Waals surface area contributed by atoms with Crippen molar-refractivity contribution < 1.29 is 18.9 Å². The summed E-state index contributed by atoms with van der Waals surface area (Å²) in [4.78, 5) is 0. The highest BCUT2D eigenvalue weighted by atomic mass is 35.5. The predicted molar refractivity (Wildman–Crippen MR) is 268 cm³/mol. The van der Waals surface area contributed by atoms with Crippen LogP contribution in [0.2, 0.25) is 20.1 Å². The van der Waals surface area contributed by atoms with Crippen LogP contribution in [0.5, 0.6) is 46.0 Å². The van der Waals surface area contributed by atoms with E-state index in [0.717, 1.165) is 43.1 Å². The van der Waals surface area contributed by atoms with Gasteiger partial charge in [0.15, 0.2) is 11.5 Å². The Balaban J connectivity index is 0.000000356. The van der Waals surface area contributed by atoms with Gasteiger partial charge in [0.2, 0.25) is 11.5 Å². The standard InChI is InChI=1S/C48H28N2O4.C8Cl4N2/c49-29-43-44(30-50)46(52-40-22-18-32-10-2-6-14-36(32)26-40)48(54-42-24-20-34-12-4-8-16-38(34)28-42)47(53-41-23-19-33-11-3-7-15-37(33)27-41)45(43)51-39-21-17-31-9-1-5-13-35(31)25-39;9-5-3(1-13)4(2-14)6(10)8(12)7(5)11/h1-28H;. The Morgan fingerprint density at radius 1 is 0.265 bits per heavy atom. The lowest BCUT2D eigenvalue weighted by molar-refractivity contribution is 0.365. The molecule has 0 heterocycles. The normalized spacial score (nSPS) is 10.6. The van der Waals surface area contributed by atoms with E-state index in [1.165, 1.54) is 0 Å². The summed E-state index contributed by atoms with van der Waals surface area (Å²) < 4.78 is 26.8. The van der Waals surface area contributed by atoms with E-state index in [9.17, 15) is 10.5 Å². The van der Waals surface area contributed by atoms with Crippen molar-refractivity contribution in [2.45, 2.75) is 0 Å². The van der Waals surface area contributed by atoms with Crippen LogP contribution < -0.4 is 18.9 Å². The van der Waals surface area contributed by atoms with Crippen LogP contribution in [0.1, 0.15) is 22.3 Å². The second-order valence-corrected chi connectivity index (χ2v) is 16.5. The third-order valence-corrected chi connectivity index (χ3v) is 12.6. The third-order valence-electron chi connectivity index (χ3n) is 10.8. The molecular formula is C56H28Cl4N4O4. The van der Waals surface area contributed by atoms with Crippen LogP contribution in [0, 0.1) is 45.3 Å². The van der Waals surface area contributed by atoms with Crippen molar-refractivity contribution in [2.75, 3.05) is 0 Å². The number of rotatable bonds is 8. The average Bonchev–Trinajstić information content (AvgIpc) is 3.38. The van der Waals surface area contributed by atoms with E-state index in [4.69, 9.17) is 75.9 Å². The fourth-order valence-corrected chi connectivity index (χ4v) is 8.43. The highest BCUT2D eigenvalue weighted by Gasteiger charge is 2.32. The molecule has 0 amide bonds. The van der Waals surface area contributed by atoms with Gasteiger partial charge >= 0.3 is 0 Å². The maximum absolute atomic E-state index is 10.8. The number of benzene rings is 10. The zero-order chi connectivity index (χ0) is 47.3. The first kappa shape index (κ1) is 44.7. The summed E-state index contributed by atoms with van der Waals surface area (Å²) in [7, 11) is 0. The van der Waals surface area contributed by atoms with Gasteiger partial charge in [0.25, 0.3) is 0 Å². The summed E-state index contributed by atoms with van der Waals surface area (Å²) in [5.74, 6) is 1.97. The third kappa shape index (κ3) is 8.93. The van der Waals surface area contributed by atoms with Gasteiger partial charge in [-0.25, -0.2) is 0 Å². The van der Waals surface area contributed by atoms with Crippen LogP contribution in [0.4, 0.5) is 0 Å². The summed E-state index contributed by atoms with van der Waals surface area (Å²) in [6.45, 7) is 0. The highest BCUT2D eigenvalue weighted by Crippen LogP contribution is 2.55. The first-order valence-electron chi connectivity index (χ1n) is 20.5. The van der Waals surface area contributed by atoms with E-state index in [1.807, 2.05) is 170 Å². The van der Waals surface area contributed by atoms with Gasteiger partial charge in [0.1, 0.15) is 58.4 Å². The molecule has 68 heavy (non-hydrogen) atoms. The number of hydrogen-bond acceptors (Lipinski definition) is 8. The van der Waals surface area contributed by atoms with Crippen LogP contribution >= 0.6 is 46.4 Å². The molecule has 8 nitrogen and oxygen atoms in total. The molecule has 10 rings (SSSR count). The van der Waals surface area contributed by atoms with Crippen molar-refractivity contribution in [3.8, 4) is 70.3 Å². The molecule has 0 unspecified atom stereocenters. The van der Waals surface area contributed by atoms with Gasteiger partial charge in [0, 0.05) is 0 Å². The fourth-order valence-electron chi connectivity index (χ4n) is 7.49. The van der Waals surface area contributed by atoms with Crippen molar-refractivity contribution >= 4 is 89.5 Å². The SMILES string of the molecule is N#Cc1c(C#N)c(Oc2ccc3ccccc3c2)c(Oc2ccc3ccccc3c2)c(Oc2ccc3ccccc3c2)c1Oc1ccc2ccccc2c1.N#Cc1c(Cl)c(Cl)c(Cl)c(Cl)c1C#N. The Labute approximate surface area is 409 Å². The van der Waals surface area contributed by atoms with Gasteiger partial charge in [-0.05, 0) is 91.6 Å². The van der Waals surface area contributed by atoms with E-state index in [0.29, 0.717) is 23.0 Å². The molecule has 0 aliphatic carbocycles. The van der Waals surface area contributed by atoms with Crippen LogP contribution in [0.25, 0.3) is 43.1 Å². The molecule has 324 valence electrons. The van der Waals surface area contributed by atoms with Gasteiger partial charge in [-0.1, -0.05) is 168 Å². The van der Waals surface area contributed by atoms with Crippen molar-refractivity contribution in [1.29, 1.82) is 21.0 Å². The molecule has 0 N–H and O–H groups in total. The number of hydrogen-bond donors (Lipinski definition) is 0. The van der Waals surface area contributed by atoms with Crippen molar-refractivity contribution in [2.24, 2.45) is 0 Å². The lowest BCUT2D eigenvalue weighted by atomic mass is 10.0. The molecule has 0 fully saturated rings. The minimum Gasteiger partial charge on any atom is -0.452 e. The van der Waals surface area contributed by atoms with E-state index < -0.39 is 0 Å².